The average molecular weight is 437 g/mol. The van der Waals surface area contributed by atoms with E-state index in [1.165, 1.54) is 11.8 Å². The number of aryl methyl sites for hydroxylation is 1. The first-order valence-corrected chi connectivity index (χ1v) is 10.1. The molecule has 0 aliphatic rings. The SMILES string of the molecule is COc1ccc(-n2c(C)nnc2SCC(=O)NCc2ccc(Cl)cc2Cl)cc1. The highest BCUT2D eigenvalue weighted by Crippen LogP contribution is 2.24. The molecule has 0 saturated carbocycles. The van der Waals surface area contributed by atoms with Crippen molar-refractivity contribution in [2.24, 2.45) is 0 Å². The molecule has 1 aromatic heterocycles. The van der Waals surface area contributed by atoms with Crippen molar-refractivity contribution in [3.63, 3.8) is 0 Å². The number of rotatable bonds is 7. The van der Waals surface area contributed by atoms with Gasteiger partial charge in [-0.3, -0.25) is 9.36 Å². The van der Waals surface area contributed by atoms with E-state index in [1.54, 1.807) is 25.3 Å². The van der Waals surface area contributed by atoms with Crippen LogP contribution >= 0.6 is 35.0 Å². The van der Waals surface area contributed by atoms with Gasteiger partial charge in [-0.25, -0.2) is 0 Å². The van der Waals surface area contributed by atoms with Crippen molar-refractivity contribution >= 4 is 40.9 Å². The molecule has 0 atom stereocenters. The summed E-state index contributed by atoms with van der Waals surface area (Å²) in [6.45, 7) is 2.20. The number of nitrogens with zero attached hydrogens (tertiary/aromatic N) is 3. The molecule has 0 aliphatic heterocycles. The first kappa shape index (κ1) is 20.5. The monoisotopic (exact) mass is 436 g/mol. The number of carbonyl (C=O) groups excluding carboxylic acids is 1. The first-order valence-electron chi connectivity index (χ1n) is 8.38. The summed E-state index contributed by atoms with van der Waals surface area (Å²) in [7, 11) is 1.62. The molecule has 1 heterocycles. The number of aromatic nitrogens is 3. The van der Waals surface area contributed by atoms with Crippen LogP contribution in [-0.2, 0) is 11.3 Å². The highest BCUT2D eigenvalue weighted by molar-refractivity contribution is 7.99. The third-order valence-corrected chi connectivity index (χ3v) is 5.47. The Kier molecular flexibility index (Phi) is 6.83. The fourth-order valence-electron chi connectivity index (χ4n) is 2.50. The van der Waals surface area contributed by atoms with Crippen molar-refractivity contribution in [2.75, 3.05) is 12.9 Å². The quantitative estimate of drug-likeness (QED) is 0.559. The lowest BCUT2D eigenvalue weighted by atomic mass is 10.2. The maximum Gasteiger partial charge on any atom is 0.230 e. The number of nitrogens with one attached hydrogen (secondary N) is 1. The van der Waals surface area contributed by atoms with Gasteiger partial charge < -0.3 is 10.1 Å². The number of thioether (sulfide) groups is 1. The summed E-state index contributed by atoms with van der Waals surface area (Å²) in [4.78, 5) is 12.2. The minimum Gasteiger partial charge on any atom is -0.497 e. The molecule has 28 heavy (non-hydrogen) atoms. The number of hydrogen-bond acceptors (Lipinski definition) is 5. The topological polar surface area (TPSA) is 69.0 Å². The molecule has 0 bridgehead atoms. The molecule has 0 aliphatic carbocycles. The fraction of sp³-hybridized carbons (Fsp3) is 0.211. The highest BCUT2D eigenvalue weighted by Gasteiger charge is 2.14. The maximum atomic E-state index is 12.2. The Labute approximate surface area is 177 Å². The minimum atomic E-state index is -0.127. The largest absolute Gasteiger partial charge is 0.497 e. The van der Waals surface area contributed by atoms with Crippen molar-refractivity contribution in [1.29, 1.82) is 0 Å². The molecule has 146 valence electrons. The van der Waals surface area contributed by atoms with Crippen LogP contribution in [0.3, 0.4) is 0 Å². The number of halogens is 2. The van der Waals surface area contributed by atoms with Crippen LogP contribution < -0.4 is 10.1 Å². The van der Waals surface area contributed by atoms with Gasteiger partial charge in [-0.15, -0.1) is 10.2 Å². The van der Waals surface area contributed by atoms with Gasteiger partial charge in [-0.05, 0) is 48.9 Å². The van der Waals surface area contributed by atoms with E-state index in [0.717, 1.165) is 22.8 Å². The van der Waals surface area contributed by atoms with Crippen LogP contribution in [-0.4, -0.2) is 33.5 Å². The van der Waals surface area contributed by atoms with Crippen molar-refractivity contribution in [3.8, 4) is 11.4 Å². The van der Waals surface area contributed by atoms with Crippen molar-refractivity contribution in [3.05, 3.63) is 63.9 Å². The summed E-state index contributed by atoms with van der Waals surface area (Å²) in [5.74, 6) is 1.59. The smallest absolute Gasteiger partial charge is 0.230 e. The highest BCUT2D eigenvalue weighted by atomic mass is 35.5. The van der Waals surface area contributed by atoms with E-state index in [4.69, 9.17) is 27.9 Å². The molecule has 6 nitrogen and oxygen atoms in total. The van der Waals surface area contributed by atoms with E-state index in [9.17, 15) is 4.79 Å². The summed E-state index contributed by atoms with van der Waals surface area (Å²) in [6, 6.07) is 12.8. The minimum absolute atomic E-state index is 0.127. The Morgan fingerprint density at radius 1 is 1.18 bits per heavy atom. The molecule has 0 fully saturated rings. The van der Waals surface area contributed by atoms with Gasteiger partial charge in [-0.1, -0.05) is 41.0 Å². The van der Waals surface area contributed by atoms with Crippen LogP contribution in [0.2, 0.25) is 10.0 Å². The first-order chi connectivity index (χ1) is 13.5. The van der Waals surface area contributed by atoms with Crippen LogP contribution in [0.5, 0.6) is 5.75 Å². The van der Waals surface area contributed by atoms with Gasteiger partial charge in [0, 0.05) is 22.3 Å². The number of ether oxygens (including phenoxy) is 1. The molecule has 0 radical (unpaired) electrons. The van der Waals surface area contributed by atoms with E-state index in [-0.39, 0.29) is 11.7 Å². The number of hydrogen-bond donors (Lipinski definition) is 1. The second kappa shape index (κ2) is 9.32. The third-order valence-electron chi connectivity index (χ3n) is 3.95. The Balaban J connectivity index is 1.62. The normalized spacial score (nSPS) is 10.7. The van der Waals surface area contributed by atoms with Crippen LogP contribution in [0.25, 0.3) is 5.69 Å². The van der Waals surface area contributed by atoms with E-state index in [2.05, 4.69) is 15.5 Å². The zero-order valence-corrected chi connectivity index (χ0v) is 17.6. The van der Waals surface area contributed by atoms with Gasteiger partial charge in [0.25, 0.3) is 0 Å². The van der Waals surface area contributed by atoms with E-state index in [0.29, 0.717) is 21.7 Å². The van der Waals surface area contributed by atoms with Gasteiger partial charge in [0.2, 0.25) is 5.91 Å². The summed E-state index contributed by atoms with van der Waals surface area (Å²) in [5, 5.41) is 12.9. The fourth-order valence-corrected chi connectivity index (χ4v) is 3.81. The van der Waals surface area contributed by atoms with Gasteiger partial charge >= 0.3 is 0 Å². The summed E-state index contributed by atoms with van der Waals surface area (Å²) >= 11 is 13.3. The number of carbonyl (C=O) groups is 1. The number of benzene rings is 2. The van der Waals surface area contributed by atoms with Crippen LogP contribution in [0.15, 0.2) is 47.6 Å². The van der Waals surface area contributed by atoms with Crippen molar-refractivity contribution in [1.82, 2.24) is 20.1 Å². The predicted molar refractivity (Wildman–Crippen MR) is 112 cm³/mol. The Morgan fingerprint density at radius 3 is 2.61 bits per heavy atom. The summed E-state index contributed by atoms with van der Waals surface area (Å²) in [6.07, 6.45) is 0. The van der Waals surface area contributed by atoms with E-state index >= 15 is 0 Å². The second-order valence-corrected chi connectivity index (χ2v) is 7.65. The lowest BCUT2D eigenvalue weighted by molar-refractivity contribution is -0.118. The van der Waals surface area contributed by atoms with Gasteiger partial charge in [-0.2, -0.15) is 0 Å². The molecule has 3 rings (SSSR count). The van der Waals surface area contributed by atoms with Gasteiger partial charge in [0.1, 0.15) is 11.6 Å². The zero-order valence-electron chi connectivity index (χ0n) is 15.3. The van der Waals surface area contributed by atoms with Crippen molar-refractivity contribution in [2.45, 2.75) is 18.6 Å². The Bertz CT molecular complexity index is 977. The molecular weight excluding hydrogens is 419 g/mol. The molecule has 9 heteroatoms. The molecule has 0 spiro atoms. The molecular formula is C19H18Cl2N4O2S. The zero-order chi connectivity index (χ0) is 20.1. The molecule has 0 saturated heterocycles. The second-order valence-electron chi connectivity index (χ2n) is 5.86. The molecule has 3 aromatic rings. The lowest BCUT2D eigenvalue weighted by Gasteiger charge is -2.10. The van der Waals surface area contributed by atoms with Crippen LogP contribution in [0.4, 0.5) is 0 Å². The standard InChI is InChI=1S/C19H18Cl2N4O2S/c1-12-23-24-19(25(12)15-5-7-16(27-2)8-6-15)28-11-18(26)22-10-13-3-4-14(20)9-17(13)21/h3-9H,10-11H2,1-2H3,(H,22,26). The maximum absolute atomic E-state index is 12.2. The Morgan fingerprint density at radius 2 is 1.93 bits per heavy atom. The van der Waals surface area contributed by atoms with Gasteiger partial charge in [0.15, 0.2) is 5.16 Å². The van der Waals surface area contributed by atoms with Crippen LogP contribution in [0, 0.1) is 6.92 Å². The average Bonchev–Trinajstić information content (AvgIpc) is 3.06. The van der Waals surface area contributed by atoms with Crippen LogP contribution in [0.1, 0.15) is 11.4 Å². The Hall–Kier alpha value is -2.22. The summed E-state index contributed by atoms with van der Waals surface area (Å²) in [5.41, 5.74) is 1.71. The van der Waals surface area contributed by atoms with Gasteiger partial charge in [0.05, 0.1) is 12.9 Å². The van der Waals surface area contributed by atoms with E-state index < -0.39 is 0 Å². The number of methoxy groups -OCH3 is 1. The molecule has 0 unspecified atom stereocenters. The van der Waals surface area contributed by atoms with Crippen molar-refractivity contribution < 1.29 is 9.53 Å². The summed E-state index contributed by atoms with van der Waals surface area (Å²) < 4.78 is 7.09. The molecule has 2 aromatic carbocycles. The predicted octanol–water partition coefficient (Wildman–Crippen LogP) is 4.30. The third kappa shape index (κ3) is 4.98. The molecule has 1 amide bonds. The lowest BCUT2D eigenvalue weighted by Crippen LogP contribution is -2.24. The number of amides is 1. The van der Waals surface area contributed by atoms with E-state index in [1.807, 2.05) is 35.8 Å². The molecule has 1 N–H and O–H groups in total.